The van der Waals surface area contributed by atoms with E-state index < -0.39 is 0 Å². The van der Waals surface area contributed by atoms with E-state index in [1.807, 2.05) is 11.8 Å². The van der Waals surface area contributed by atoms with Crippen molar-refractivity contribution in [2.24, 2.45) is 5.92 Å². The molecule has 0 atom stereocenters. The summed E-state index contributed by atoms with van der Waals surface area (Å²) in [5.41, 5.74) is 6.10. The number of nitrogens with two attached hydrogens (primary N) is 1. The minimum atomic E-state index is -0.0179. The van der Waals surface area contributed by atoms with Crippen LogP contribution in [-0.2, 0) is 0 Å². The molecule has 1 aliphatic rings. The lowest BCUT2D eigenvalue weighted by Crippen LogP contribution is -2.32. The smallest absolute Gasteiger partial charge is 0.259 e. The zero-order chi connectivity index (χ0) is 10.8. The number of hydrogen-bond acceptors (Lipinski definition) is 3. The lowest BCUT2D eigenvalue weighted by molar-refractivity contribution is 0.0758. The van der Waals surface area contributed by atoms with Crippen molar-refractivity contribution in [1.82, 2.24) is 15.1 Å². The zero-order valence-electron chi connectivity index (χ0n) is 8.86. The Balaban J connectivity index is 2.07. The van der Waals surface area contributed by atoms with Gasteiger partial charge in [0.1, 0.15) is 11.4 Å². The Morgan fingerprint density at radius 2 is 2.47 bits per heavy atom. The Labute approximate surface area is 88.6 Å². The molecule has 1 aliphatic carbocycles. The second-order valence-corrected chi connectivity index (χ2v) is 3.98. The van der Waals surface area contributed by atoms with Crippen molar-refractivity contribution in [2.75, 3.05) is 18.8 Å². The number of aromatic amines is 1. The molecule has 5 nitrogen and oxygen atoms in total. The van der Waals surface area contributed by atoms with E-state index in [0.29, 0.717) is 17.3 Å². The number of nitrogens with one attached hydrogen (secondary N) is 1. The summed E-state index contributed by atoms with van der Waals surface area (Å²) in [6, 6.07) is 0. The van der Waals surface area contributed by atoms with Gasteiger partial charge in [0.15, 0.2) is 0 Å². The van der Waals surface area contributed by atoms with Crippen LogP contribution in [0, 0.1) is 5.92 Å². The van der Waals surface area contributed by atoms with Crippen molar-refractivity contribution in [3.63, 3.8) is 0 Å². The highest BCUT2D eigenvalue weighted by molar-refractivity contribution is 5.98. The molecule has 1 aromatic heterocycles. The second-order valence-electron chi connectivity index (χ2n) is 3.98. The Hall–Kier alpha value is -1.52. The van der Waals surface area contributed by atoms with E-state index in [1.165, 1.54) is 19.0 Å². The van der Waals surface area contributed by atoms with Gasteiger partial charge in [-0.25, -0.2) is 0 Å². The number of nitrogens with zero attached hydrogens (tertiary/aromatic N) is 2. The quantitative estimate of drug-likeness (QED) is 0.770. The first-order valence-electron chi connectivity index (χ1n) is 5.30. The SMILES string of the molecule is CCN(CC1CC1)C(=O)c1cn[nH]c1N. The molecule has 1 heterocycles. The molecule has 0 spiro atoms. The predicted octanol–water partition coefficient (Wildman–Crippen LogP) is 0.864. The maximum atomic E-state index is 12.0. The molecule has 1 saturated carbocycles. The lowest BCUT2D eigenvalue weighted by atomic mass is 10.2. The Morgan fingerprint density at radius 3 is 2.93 bits per heavy atom. The third-order valence-electron chi connectivity index (χ3n) is 2.74. The van der Waals surface area contributed by atoms with Gasteiger partial charge in [-0.3, -0.25) is 9.89 Å². The molecule has 0 saturated heterocycles. The number of amides is 1. The fraction of sp³-hybridized carbons (Fsp3) is 0.600. The minimum absolute atomic E-state index is 0.0179. The number of nitrogen functional groups attached to an aromatic ring is 1. The largest absolute Gasteiger partial charge is 0.383 e. The van der Waals surface area contributed by atoms with Crippen molar-refractivity contribution in [2.45, 2.75) is 19.8 Å². The van der Waals surface area contributed by atoms with Crippen LogP contribution in [0.4, 0.5) is 5.82 Å². The molecule has 1 aromatic rings. The molecule has 0 radical (unpaired) electrons. The number of rotatable bonds is 4. The molecule has 0 unspecified atom stereocenters. The second kappa shape index (κ2) is 3.92. The molecule has 82 valence electrons. The number of carbonyl (C=O) groups is 1. The van der Waals surface area contributed by atoms with Gasteiger partial charge >= 0.3 is 0 Å². The highest BCUT2D eigenvalue weighted by Gasteiger charge is 2.27. The van der Waals surface area contributed by atoms with Crippen LogP contribution in [0.1, 0.15) is 30.1 Å². The van der Waals surface area contributed by atoms with E-state index in [-0.39, 0.29) is 5.91 Å². The monoisotopic (exact) mass is 208 g/mol. The summed E-state index contributed by atoms with van der Waals surface area (Å²) in [5.74, 6) is 1.03. The maximum Gasteiger partial charge on any atom is 0.259 e. The normalized spacial score (nSPS) is 15.3. The van der Waals surface area contributed by atoms with Crippen LogP contribution in [0.3, 0.4) is 0 Å². The number of anilines is 1. The standard InChI is InChI=1S/C10H16N4O/c1-2-14(6-7-3-4-7)10(15)8-5-12-13-9(8)11/h5,7H,2-4,6H2,1H3,(H3,11,12,13). The summed E-state index contributed by atoms with van der Waals surface area (Å²) in [6.07, 6.45) is 3.97. The van der Waals surface area contributed by atoms with Crippen molar-refractivity contribution < 1.29 is 4.79 Å². The average Bonchev–Trinajstić information content (AvgIpc) is 2.95. The van der Waals surface area contributed by atoms with E-state index >= 15 is 0 Å². The van der Waals surface area contributed by atoms with Crippen LogP contribution in [0.25, 0.3) is 0 Å². The van der Waals surface area contributed by atoms with Crippen molar-refractivity contribution in [1.29, 1.82) is 0 Å². The number of H-pyrrole nitrogens is 1. The molecule has 1 fully saturated rings. The van der Waals surface area contributed by atoms with Crippen LogP contribution in [0.15, 0.2) is 6.20 Å². The lowest BCUT2D eigenvalue weighted by Gasteiger charge is -2.20. The molecular weight excluding hydrogens is 192 g/mol. The van der Waals surface area contributed by atoms with Crippen LogP contribution in [0.2, 0.25) is 0 Å². The summed E-state index contributed by atoms with van der Waals surface area (Å²) < 4.78 is 0. The Kier molecular flexibility index (Phi) is 2.62. The summed E-state index contributed by atoms with van der Waals surface area (Å²) in [6.45, 7) is 3.55. The Morgan fingerprint density at radius 1 is 1.73 bits per heavy atom. The van der Waals surface area contributed by atoms with Crippen molar-refractivity contribution in [3.8, 4) is 0 Å². The van der Waals surface area contributed by atoms with Crippen molar-refractivity contribution >= 4 is 11.7 Å². The topological polar surface area (TPSA) is 75.0 Å². The molecule has 15 heavy (non-hydrogen) atoms. The zero-order valence-corrected chi connectivity index (χ0v) is 8.86. The number of carbonyl (C=O) groups excluding carboxylic acids is 1. The van der Waals surface area contributed by atoms with Gasteiger partial charge in [0.05, 0.1) is 6.20 Å². The number of aromatic nitrogens is 2. The van der Waals surface area contributed by atoms with E-state index in [2.05, 4.69) is 10.2 Å². The van der Waals surface area contributed by atoms with Gasteiger partial charge in [-0.2, -0.15) is 5.10 Å². The number of hydrogen-bond donors (Lipinski definition) is 2. The van der Waals surface area contributed by atoms with Crippen molar-refractivity contribution in [3.05, 3.63) is 11.8 Å². The van der Waals surface area contributed by atoms with E-state index in [4.69, 9.17) is 5.73 Å². The average molecular weight is 208 g/mol. The fourth-order valence-corrected chi connectivity index (χ4v) is 1.60. The molecule has 2 rings (SSSR count). The van der Waals surface area contributed by atoms with E-state index in [9.17, 15) is 4.79 Å². The fourth-order valence-electron chi connectivity index (χ4n) is 1.60. The van der Waals surface area contributed by atoms with Crippen LogP contribution >= 0.6 is 0 Å². The first kappa shape index (κ1) is 10.0. The van der Waals surface area contributed by atoms with Crippen LogP contribution in [0.5, 0.6) is 0 Å². The minimum Gasteiger partial charge on any atom is -0.383 e. The highest BCUT2D eigenvalue weighted by Crippen LogP contribution is 2.30. The van der Waals surface area contributed by atoms with Gasteiger partial charge in [-0.05, 0) is 25.7 Å². The first-order valence-corrected chi connectivity index (χ1v) is 5.30. The van der Waals surface area contributed by atoms with E-state index in [0.717, 1.165) is 13.1 Å². The molecular formula is C10H16N4O. The molecule has 5 heteroatoms. The molecule has 0 aromatic carbocycles. The van der Waals surface area contributed by atoms with Crippen LogP contribution < -0.4 is 5.73 Å². The van der Waals surface area contributed by atoms with Gasteiger partial charge in [-0.15, -0.1) is 0 Å². The molecule has 0 bridgehead atoms. The third kappa shape index (κ3) is 2.11. The third-order valence-corrected chi connectivity index (χ3v) is 2.74. The van der Waals surface area contributed by atoms with Gasteiger partial charge in [-0.1, -0.05) is 0 Å². The maximum absolute atomic E-state index is 12.0. The van der Waals surface area contributed by atoms with Crippen LogP contribution in [-0.4, -0.2) is 34.1 Å². The predicted molar refractivity (Wildman–Crippen MR) is 57.3 cm³/mol. The Bertz CT molecular complexity index is 356. The van der Waals surface area contributed by atoms with Gasteiger partial charge in [0.25, 0.3) is 5.91 Å². The highest BCUT2D eigenvalue weighted by atomic mass is 16.2. The van der Waals surface area contributed by atoms with Gasteiger partial charge < -0.3 is 10.6 Å². The molecule has 1 amide bonds. The summed E-state index contributed by atoms with van der Waals surface area (Å²) in [5, 5.41) is 6.33. The summed E-state index contributed by atoms with van der Waals surface area (Å²) in [7, 11) is 0. The van der Waals surface area contributed by atoms with Gasteiger partial charge in [0, 0.05) is 13.1 Å². The summed E-state index contributed by atoms with van der Waals surface area (Å²) >= 11 is 0. The van der Waals surface area contributed by atoms with Gasteiger partial charge in [0.2, 0.25) is 0 Å². The molecule has 3 N–H and O–H groups in total. The first-order chi connectivity index (χ1) is 7.22. The molecule has 0 aliphatic heterocycles. The summed E-state index contributed by atoms with van der Waals surface area (Å²) in [4.78, 5) is 13.8. The van der Waals surface area contributed by atoms with E-state index in [1.54, 1.807) is 0 Å².